The predicted molar refractivity (Wildman–Crippen MR) is 56.7 cm³/mol. The fraction of sp³-hybridized carbons (Fsp3) is 0.444. The minimum absolute atomic E-state index is 0.0463. The van der Waals surface area contributed by atoms with Crippen molar-refractivity contribution in [1.29, 1.82) is 5.26 Å². The molecule has 2 atom stereocenters. The zero-order valence-corrected chi connectivity index (χ0v) is 8.84. The van der Waals surface area contributed by atoms with Crippen LogP contribution in [0, 0.1) is 11.3 Å². The molecule has 2 unspecified atom stereocenters. The lowest BCUT2D eigenvalue weighted by Gasteiger charge is -2.10. The molecule has 0 aromatic carbocycles. The van der Waals surface area contributed by atoms with Crippen LogP contribution in [0.5, 0.6) is 0 Å². The number of hydrogen-bond acceptors (Lipinski definition) is 5. The molecule has 0 bridgehead atoms. The first-order valence-corrected chi connectivity index (χ1v) is 5.39. The van der Waals surface area contributed by atoms with Gasteiger partial charge in [0.05, 0.1) is 11.3 Å². The predicted octanol–water partition coefficient (Wildman–Crippen LogP) is -0.458. The summed E-state index contributed by atoms with van der Waals surface area (Å²) >= 11 is 1.37. The number of nitrogens with zero attached hydrogens (tertiary/aromatic N) is 1. The molecule has 1 aliphatic heterocycles. The van der Waals surface area contributed by atoms with Gasteiger partial charge >= 0.3 is 0 Å². The molecule has 1 rings (SSSR count). The molecule has 0 saturated carbocycles. The van der Waals surface area contributed by atoms with Gasteiger partial charge in [0.1, 0.15) is 6.07 Å². The van der Waals surface area contributed by atoms with Gasteiger partial charge in [-0.15, -0.1) is 11.8 Å². The van der Waals surface area contributed by atoms with Crippen molar-refractivity contribution in [2.24, 2.45) is 5.73 Å². The Kier molecular flexibility index (Phi) is 3.88. The molecule has 80 valence electrons. The largest absolute Gasteiger partial charge is 0.329 e. The van der Waals surface area contributed by atoms with Gasteiger partial charge in [-0.3, -0.25) is 9.59 Å². The normalized spacial score (nSPS) is 22.0. The lowest BCUT2D eigenvalue weighted by atomic mass is 10.2. The number of nitriles is 1. The van der Waals surface area contributed by atoms with Crippen LogP contribution in [-0.2, 0) is 9.59 Å². The maximum atomic E-state index is 11.0. The van der Waals surface area contributed by atoms with Gasteiger partial charge in [0.15, 0.2) is 0 Å². The van der Waals surface area contributed by atoms with Crippen molar-refractivity contribution in [3.63, 3.8) is 0 Å². The Balaban J connectivity index is 2.38. The van der Waals surface area contributed by atoms with Crippen molar-refractivity contribution >= 4 is 23.5 Å². The van der Waals surface area contributed by atoms with Gasteiger partial charge in [-0.1, -0.05) is 6.58 Å². The maximum Gasteiger partial charge on any atom is 0.249 e. The number of nitrogens with two attached hydrogens (primary N) is 1. The molecule has 3 N–H and O–H groups in total. The van der Waals surface area contributed by atoms with Crippen LogP contribution in [0.15, 0.2) is 12.3 Å². The second-order valence-corrected chi connectivity index (χ2v) is 4.42. The fourth-order valence-corrected chi connectivity index (χ4v) is 2.26. The summed E-state index contributed by atoms with van der Waals surface area (Å²) in [5.41, 5.74) is 6.10. The molecule has 1 aliphatic rings. The molecule has 1 amide bonds. The van der Waals surface area contributed by atoms with Crippen molar-refractivity contribution < 1.29 is 9.59 Å². The van der Waals surface area contributed by atoms with Crippen molar-refractivity contribution in [1.82, 2.24) is 5.32 Å². The zero-order valence-electron chi connectivity index (χ0n) is 8.03. The molecule has 0 radical (unpaired) electrons. The number of Topliss-reactive ketones (excluding diaryl/α,β-unsaturated/α-hetero) is 1. The van der Waals surface area contributed by atoms with Crippen LogP contribution < -0.4 is 11.1 Å². The number of ketones is 1. The van der Waals surface area contributed by atoms with E-state index in [-0.39, 0.29) is 11.2 Å². The molecule has 0 aliphatic carbocycles. The highest BCUT2D eigenvalue weighted by atomic mass is 32.2. The Labute approximate surface area is 91.7 Å². The van der Waals surface area contributed by atoms with Crippen molar-refractivity contribution in [2.45, 2.75) is 17.7 Å². The quantitative estimate of drug-likeness (QED) is 0.631. The highest BCUT2D eigenvalue weighted by molar-refractivity contribution is 8.00. The first kappa shape index (κ1) is 11.8. The van der Waals surface area contributed by atoms with Crippen molar-refractivity contribution in [3.8, 4) is 6.07 Å². The van der Waals surface area contributed by atoms with Gasteiger partial charge < -0.3 is 11.1 Å². The van der Waals surface area contributed by atoms with Crippen LogP contribution in [0.4, 0.5) is 0 Å². The van der Waals surface area contributed by atoms with Crippen LogP contribution >= 0.6 is 11.8 Å². The molecular formula is C9H11N3O2S. The van der Waals surface area contributed by atoms with E-state index in [1.54, 1.807) is 0 Å². The van der Waals surface area contributed by atoms with Crippen LogP contribution in [0.1, 0.15) is 6.42 Å². The Morgan fingerprint density at radius 1 is 1.87 bits per heavy atom. The number of amides is 1. The topological polar surface area (TPSA) is 96.0 Å². The van der Waals surface area contributed by atoms with Gasteiger partial charge in [0, 0.05) is 17.9 Å². The summed E-state index contributed by atoms with van der Waals surface area (Å²) in [7, 11) is 0. The molecular weight excluding hydrogens is 214 g/mol. The number of carbonyl (C=O) groups is 2. The molecule has 6 heteroatoms. The van der Waals surface area contributed by atoms with E-state index in [4.69, 9.17) is 11.0 Å². The summed E-state index contributed by atoms with van der Waals surface area (Å²) in [5.74, 6) is -0.381. The molecule has 0 aromatic rings. The Bertz CT molecular complexity index is 348. The van der Waals surface area contributed by atoms with E-state index in [0.29, 0.717) is 17.9 Å². The zero-order chi connectivity index (χ0) is 11.4. The van der Waals surface area contributed by atoms with E-state index < -0.39 is 11.8 Å². The Morgan fingerprint density at radius 2 is 2.53 bits per heavy atom. The monoisotopic (exact) mass is 225 g/mol. The standard InChI is InChI=1S/C9H11N3O2S/c1-5-8(2-9(14)12-5)15-4-6(11)7(13)3-10/h6,8H,1-2,4,11H2,(H,12,14). The lowest BCUT2D eigenvalue weighted by molar-refractivity contribution is -0.118. The molecule has 0 aromatic heterocycles. The van der Waals surface area contributed by atoms with Gasteiger partial charge in [-0.2, -0.15) is 5.26 Å². The third-order valence-corrected chi connectivity index (χ3v) is 3.39. The molecule has 0 spiro atoms. The van der Waals surface area contributed by atoms with Gasteiger partial charge in [0.2, 0.25) is 11.7 Å². The number of rotatable bonds is 4. The number of thioether (sulfide) groups is 1. The Morgan fingerprint density at radius 3 is 3.00 bits per heavy atom. The highest BCUT2D eigenvalue weighted by Crippen LogP contribution is 2.25. The smallest absolute Gasteiger partial charge is 0.249 e. The maximum absolute atomic E-state index is 11.0. The fourth-order valence-electron chi connectivity index (χ4n) is 1.14. The third kappa shape index (κ3) is 3.08. The minimum atomic E-state index is -0.788. The van der Waals surface area contributed by atoms with Gasteiger partial charge in [-0.05, 0) is 0 Å². The SMILES string of the molecule is C=C1NC(=O)CC1SCC(N)C(=O)C#N. The minimum Gasteiger partial charge on any atom is -0.329 e. The van der Waals surface area contributed by atoms with Crippen LogP contribution in [-0.4, -0.2) is 28.7 Å². The Hall–Kier alpha value is -1.32. The number of nitrogens with one attached hydrogen (secondary N) is 1. The summed E-state index contributed by atoms with van der Waals surface area (Å²) in [6.07, 6.45) is 0.358. The molecule has 5 nitrogen and oxygen atoms in total. The summed E-state index contributed by atoms with van der Waals surface area (Å²) in [4.78, 5) is 21.8. The second kappa shape index (κ2) is 4.96. The lowest BCUT2D eigenvalue weighted by Crippen LogP contribution is -2.32. The third-order valence-electron chi connectivity index (χ3n) is 1.98. The van der Waals surface area contributed by atoms with Crippen molar-refractivity contribution in [3.05, 3.63) is 12.3 Å². The number of carbonyl (C=O) groups excluding carboxylic acids is 2. The summed E-state index contributed by atoms with van der Waals surface area (Å²) in [5, 5.41) is 10.9. The summed E-state index contributed by atoms with van der Waals surface area (Å²) in [6.45, 7) is 3.69. The molecule has 1 saturated heterocycles. The van der Waals surface area contributed by atoms with E-state index in [2.05, 4.69) is 11.9 Å². The first-order chi connectivity index (χ1) is 7.04. The van der Waals surface area contributed by atoms with Crippen LogP contribution in [0.25, 0.3) is 0 Å². The van der Waals surface area contributed by atoms with E-state index in [0.717, 1.165) is 0 Å². The van der Waals surface area contributed by atoms with Gasteiger partial charge in [-0.25, -0.2) is 0 Å². The van der Waals surface area contributed by atoms with E-state index in [1.165, 1.54) is 17.8 Å². The van der Waals surface area contributed by atoms with E-state index in [9.17, 15) is 9.59 Å². The molecule has 1 heterocycles. The molecule has 1 fully saturated rings. The molecule has 15 heavy (non-hydrogen) atoms. The van der Waals surface area contributed by atoms with Crippen molar-refractivity contribution in [2.75, 3.05) is 5.75 Å². The van der Waals surface area contributed by atoms with E-state index >= 15 is 0 Å². The van der Waals surface area contributed by atoms with Gasteiger partial charge in [0.25, 0.3) is 0 Å². The average Bonchev–Trinajstić information content (AvgIpc) is 2.52. The first-order valence-electron chi connectivity index (χ1n) is 4.34. The second-order valence-electron chi connectivity index (χ2n) is 3.18. The average molecular weight is 225 g/mol. The summed E-state index contributed by atoms with van der Waals surface area (Å²) in [6, 6.07) is 0.689. The van der Waals surface area contributed by atoms with E-state index in [1.807, 2.05) is 0 Å². The highest BCUT2D eigenvalue weighted by Gasteiger charge is 2.27. The summed E-state index contributed by atoms with van der Waals surface area (Å²) < 4.78 is 0. The van der Waals surface area contributed by atoms with Crippen LogP contribution in [0.2, 0.25) is 0 Å². The van der Waals surface area contributed by atoms with Crippen LogP contribution in [0.3, 0.4) is 0 Å². The number of hydrogen-bond donors (Lipinski definition) is 2.